The molecule has 2 N–H and O–H groups in total. The summed E-state index contributed by atoms with van der Waals surface area (Å²) in [6, 6.07) is 7.21. The first-order valence-electron chi connectivity index (χ1n) is 7.29. The smallest absolute Gasteiger partial charge is 0.269 e. The standard InChI is InChI=1S/C15H23N3O3/c1-11(12-4-3-5-13(8-12)18(19)20)17-7-6-15(21-2)9-14(17)10-16/h3-5,8,11,14-15H,6-7,9-10,16H2,1-2H3. The van der Waals surface area contributed by atoms with Crippen molar-refractivity contribution in [2.24, 2.45) is 5.73 Å². The van der Waals surface area contributed by atoms with Gasteiger partial charge in [0.2, 0.25) is 0 Å². The van der Waals surface area contributed by atoms with Crippen molar-refractivity contribution in [3.8, 4) is 0 Å². The molecule has 1 aliphatic rings. The molecule has 1 heterocycles. The van der Waals surface area contributed by atoms with Crippen LogP contribution in [0.5, 0.6) is 0 Å². The van der Waals surface area contributed by atoms with Gasteiger partial charge in [-0.2, -0.15) is 0 Å². The first-order chi connectivity index (χ1) is 10.1. The molecular weight excluding hydrogens is 270 g/mol. The average Bonchev–Trinajstić information content (AvgIpc) is 2.53. The molecule has 1 saturated heterocycles. The maximum absolute atomic E-state index is 10.9. The van der Waals surface area contributed by atoms with Crippen LogP contribution in [0.2, 0.25) is 0 Å². The number of methoxy groups -OCH3 is 1. The highest BCUT2D eigenvalue weighted by Gasteiger charge is 2.31. The van der Waals surface area contributed by atoms with Gasteiger partial charge in [-0.05, 0) is 25.3 Å². The van der Waals surface area contributed by atoms with Crippen LogP contribution >= 0.6 is 0 Å². The van der Waals surface area contributed by atoms with E-state index in [4.69, 9.17) is 10.5 Å². The normalized spacial score (nSPS) is 24.7. The Balaban J connectivity index is 2.16. The van der Waals surface area contributed by atoms with Gasteiger partial charge in [0.25, 0.3) is 5.69 Å². The highest BCUT2D eigenvalue weighted by molar-refractivity contribution is 5.35. The fourth-order valence-electron chi connectivity index (χ4n) is 3.08. The van der Waals surface area contributed by atoms with Gasteiger partial charge < -0.3 is 10.5 Å². The van der Waals surface area contributed by atoms with Crippen LogP contribution in [-0.4, -0.2) is 42.2 Å². The van der Waals surface area contributed by atoms with Crippen LogP contribution < -0.4 is 5.73 Å². The largest absolute Gasteiger partial charge is 0.381 e. The van der Waals surface area contributed by atoms with Crippen molar-refractivity contribution in [3.05, 3.63) is 39.9 Å². The number of hydrogen-bond donors (Lipinski definition) is 1. The van der Waals surface area contributed by atoms with Crippen molar-refractivity contribution in [3.63, 3.8) is 0 Å². The monoisotopic (exact) mass is 293 g/mol. The SMILES string of the molecule is COC1CCN(C(C)c2cccc([N+](=O)[O-])c2)C(CN)C1. The average molecular weight is 293 g/mol. The van der Waals surface area contributed by atoms with Crippen molar-refractivity contribution in [1.82, 2.24) is 4.90 Å². The molecule has 1 fully saturated rings. The van der Waals surface area contributed by atoms with Crippen molar-refractivity contribution in [2.45, 2.75) is 38.0 Å². The Morgan fingerprint density at radius 2 is 2.33 bits per heavy atom. The summed E-state index contributed by atoms with van der Waals surface area (Å²) >= 11 is 0. The summed E-state index contributed by atoms with van der Waals surface area (Å²) in [5, 5.41) is 10.9. The lowest BCUT2D eigenvalue weighted by Gasteiger charge is -2.42. The second-order valence-corrected chi connectivity index (χ2v) is 5.54. The minimum Gasteiger partial charge on any atom is -0.381 e. The second-order valence-electron chi connectivity index (χ2n) is 5.54. The van der Waals surface area contributed by atoms with Crippen molar-refractivity contribution >= 4 is 5.69 Å². The highest BCUT2D eigenvalue weighted by Crippen LogP contribution is 2.30. The third-order valence-electron chi connectivity index (χ3n) is 4.38. The number of rotatable bonds is 5. The number of ether oxygens (including phenoxy) is 1. The number of nitrogens with two attached hydrogens (primary N) is 1. The van der Waals surface area contributed by atoms with Gasteiger partial charge in [-0.25, -0.2) is 0 Å². The third kappa shape index (κ3) is 3.58. The van der Waals surface area contributed by atoms with E-state index in [0.29, 0.717) is 6.54 Å². The zero-order valence-corrected chi connectivity index (χ0v) is 12.6. The predicted octanol–water partition coefficient (Wildman–Crippen LogP) is 2.09. The Morgan fingerprint density at radius 3 is 2.95 bits per heavy atom. The van der Waals surface area contributed by atoms with Crippen molar-refractivity contribution < 1.29 is 9.66 Å². The molecule has 0 aromatic heterocycles. The lowest BCUT2D eigenvalue weighted by atomic mass is 9.95. The van der Waals surface area contributed by atoms with E-state index in [9.17, 15) is 10.1 Å². The molecular formula is C15H23N3O3. The van der Waals surface area contributed by atoms with E-state index < -0.39 is 0 Å². The van der Waals surface area contributed by atoms with E-state index in [1.165, 1.54) is 6.07 Å². The molecule has 1 aliphatic heterocycles. The van der Waals surface area contributed by atoms with E-state index in [1.54, 1.807) is 19.2 Å². The summed E-state index contributed by atoms with van der Waals surface area (Å²) in [4.78, 5) is 12.9. The molecule has 0 amide bonds. The fourth-order valence-corrected chi connectivity index (χ4v) is 3.08. The molecule has 0 radical (unpaired) electrons. The number of nitrogens with zero attached hydrogens (tertiary/aromatic N) is 2. The summed E-state index contributed by atoms with van der Waals surface area (Å²) < 4.78 is 5.44. The Morgan fingerprint density at radius 1 is 1.57 bits per heavy atom. The number of piperidine rings is 1. The zero-order chi connectivity index (χ0) is 15.4. The van der Waals surface area contributed by atoms with Crippen LogP contribution in [0, 0.1) is 10.1 Å². The van der Waals surface area contributed by atoms with Gasteiger partial charge in [0.15, 0.2) is 0 Å². The molecule has 0 spiro atoms. The van der Waals surface area contributed by atoms with E-state index in [1.807, 2.05) is 6.07 Å². The maximum Gasteiger partial charge on any atom is 0.269 e. The van der Waals surface area contributed by atoms with Crippen LogP contribution in [0.4, 0.5) is 5.69 Å². The van der Waals surface area contributed by atoms with Gasteiger partial charge in [0.05, 0.1) is 11.0 Å². The highest BCUT2D eigenvalue weighted by atomic mass is 16.6. The van der Waals surface area contributed by atoms with Crippen LogP contribution in [0.3, 0.4) is 0 Å². The lowest BCUT2D eigenvalue weighted by molar-refractivity contribution is -0.385. The molecule has 0 aliphatic carbocycles. The Bertz CT molecular complexity index is 495. The Hall–Kier alpha value is -1.50. The molecule has 0 bridgehead atoms. The van der Waals surface area contributed by atoms with Crippen LogP contribution in [-0.2, 0) is 4.74 Å². The lowest BCUT2D eigenvalue weighted by Crippen LogP contribution is -2.49. The van der Waals surface area contributed by atoms with Gasteiger partial charge in [-0.1, -0.05) is 12.1 Å². The summed E-state index contributed by atoms with van der Waals surface area (Å²) in [6.45, 7) is 3.54. The molecule has 6 nitrogen and oxygen atoms in total. The molecule has 21 heavy (non-hydrogen) atoms. The Labute approximate surface area is 125 Å². The number of benzene rings is 1. The van der Waals surface area contributed by atoms with E-state index in [-0.39, 0.29) is 28.8 Å². The predicted molar refractivity (Wildman–Crippen MR) is 81.1 cm³/mol. The van der Waals surface area contributed by atoms with Crippen LogP contribution in [0.1, 0.15) is 31.4 Å². The summed E-state index contributed by atoms with van der Waals surface area (Å²) in [6.07, 6.45) is 2.13. The quantitative estimate of drug-likeness (QED) is 0.664. The number of likely N-dealkylation sites (tertiary alicyclic amines) is 1. The molecule has 3 unspecified atom stereocenters. The van der Waals surface area contributed by atoms with Gasteiger partial charge in [-0.3, -0.25) is 15.0 Å². The number of nitro benzene ring substituents is 1. The molecule has 0 saturated carbocycles. The first-order valence-corrected chi connectivity index (χ1v) is 7.29. The van der Waals surface area contributed by atoms with E-state index in [2.05, 4.69) is 11.8 Å². The third-order valence-corrected chi connectivity index (χ3v) is 4.38. The number of hydrogen-bond acceptors (Lipinski definition) is 5. The molecule has 3 atom stereocenters. The second kappa shape index (κ2) is 6.98. The molecule has 6 heteroatoms. The molecule has 1 aromatic carbocycles. The summed E-state index contributed by atoms with van der Waals surface area (Å²) in [5.41, 5.74) is 6.99. The van der Waals surface area contributed by atoms with Crippen molar-refractivity contribution in [2.75, 3.05) is 20.2 Å². The van der Waals surface area contributed by atoms with Gasteiger partial charge in [0, 0.05) is 44.4 Å². The molecule has 116 valence electrons. The number of nitro groups is 1. The summed E-state index contributed by atoms with van der Waals surface area (Å²) in [5.74, 6) is 0. The van der Waals surface area contributed by atoms with Gasteiger partial charge in [-0.15, -0.1) is 0 Å². The van der Waals surface area contributed by atoms with Crippen LogP contribution in [0.15, 0.2) is 24.3 Å². The Kier molecular flexibility index (Phi) is 5.27. The number of non-ortho nitro benzene ring substituents is 1. The van der Waals surface area contributed by atoms with E-state index in [0.717, 1.165) is 24.9 Å². The van der Waals surface area contributed by atoms with Crippen LogP contribution in [0.25, 0.3) is 0 Å². The molecule has 1 aromatic rings. The minimum absolute atomic E-state index is 0.108. The van der Waals surface area contributed by atoms with Gasteiger partial charge in [0.1, 0.15) is 0 Å². The molecule has 2 rings (SSSR count). The van der Waals surface area contributed by atoms with Crippen molar-refractivity contribution in [1.29, 1.82) is 0 Å². The topological polar surface area (TPSA) is 81.6 Å². The minimum atomic E-state index is -0.353. The van der Waals surface area contributed by atoms with E-state index >= 15 is 0 Å². The zero-order valence-electron chi connectivity index (χ0n) is 12.6. The fraction of sp³-hybridized carbons (Fsp3) is 0.600. The van der Waals surface area contributed by atoms with Gasteiger partial charge >= 0.3 is 0 Å². The first kappa shape index (κ1) is 15.9. The maximum atomic E-state index is 10.9. The summed E-state index contributed by atoms with van der Waals surface area (Å²) in [7, 11) is 1.73.